The molecule has 23 heavy (non-hydrogen) atoms. The SMILES string of the molecule is C#CCCCC[C@@H](C)C(=O)NCCCC[C@@H]1NC(=O)C=C1CC. The lowest BCUT2D eigenvalue weighted by molar-refractivity contribution is -0.124. The number of nitrogens with one attached hydrogen (secondary N) is 2. The Morgan fingerprint density at radius 3 is 2.87 bits per heavy atom. The van der Waals surface area contributed by atoms with Gasteiger partial charge in [0.1, 0.15) is 0 Å². The molecule has 4 heteroatoms. The average molecular weight is 318 g/mol. The molecule has 0 saturated heterocycles. The number of amides is 2. The molecule has 0 unspecified atom stereocenters. The van der Waals surface area contributed by atoms with Crippen LogP contribution in [-0.4, -0.2) is 24.4 Å². The Morgan fingerprint density at radius 2 is 2.17 bits per heavy atom. The molecule has 4 nitrogen and oxygen atoms in total. The van der Waals surface area contributed by atoms with Gasteiger partial charge in [0.15, 0.2) is 0 Å². The summed E-state index contributed by atoms with van der Waals surface area (Å²) in [5, 5.41) is 5.97. The average Bonchev–Trinajstić information content (AvgIpc) is 2.90. The molecule has 2 amide bonds. The lowest BCUT2D eigenvalue weighted by atomic mass is 10.0. The minimum Gasteiger partial charge on any atom is -0.356 e. The molecule has 2 N–H and O–H groups in total. The Labute approximate surface area is 140 Å². The number of hydrogen-bond acceptors (Lipinski definition) is 2. The van der Waals surface area contributed by atoms with Gasteiger partial charge in [-0.25, -0.2) is 0 Å². The zero-order valence-corrected chi connectivity index (χ0v) is 14.5. The summed E-state index contributed by atoms with van der Waals surface area (Å²) in [4.78, 5) is 23.3. The van der Waals surface area contributed by atoms with E-state index in [1.165, 1.54) is 5.57 Å². The quantitative estimate of drug-likeness (QED) is 0.454. The standard InChI is InChI=1S/C19H30N2O2/c1-4-6-7-8-11-15(3)19(23)20-13-10-9-12-17-16(5-2)14-18(22)21-17/h1,14-15,17H,5-13H2,2-3H3,(H,20,23)(H,21,22)/t15-,17+/m1/s1. The van der Waals surface area contributed by atoms with Crippen LogP contribution >= 0.6 is 0 Å². The summed E-state index contributed by atoms with van der Waals surface area (Å²) in [6.45, 7) is 4.75. The highest BCUT2D eigenvalue weighted by atomic mass is 16.2. The predicted molar refractivity (Wildman–Crippen MR) is 93.6 cm³/mol. The molecule has 0 bridgehead atoms. The van der Waals surface area contributed by atoms with Gasteiger partial charge >= 0.3 is 0 Å². The van der Waals surface area contributed by atoms with Crippen molar-refractivity contribution in [1.82, 2.24) is 10.6 Å². The first-order chi connectivity index (χ1) is 11.1. The highest BCUT2D eigenvalue weighted by Crippen LogP contribution is 2.18. The maximum absolute atomic E-state index is 11.9. The van der Waals surface area contributed by atoms with E-state index in [0.29, 0.717) is 6.54 Å². The number of rotatable bonds is 11. The van der Waals surface area contributed by atoms with E-state index in [9.17, 15) is 9.59 Å². The fourth-order valence-electron chi connectivity index (χ4n) is 2.85. The molecule has 0 radical (unpaired) electrons. The van der Waals surface area contributed by atoms with Crippen molar-refractivity contribution >= 4 is 11.8 Å². The molecule has 1 rings (SSSR count). The van der Waals surface area contributed by atoms with Gasteiger partial charge in [0, 0.05) is 25.0 Å². The number of carbonyl (C=O) groups excluding carboxylic acids is 2. The van der Waals surface area contributed by atoms with Crippen molar-refractivity contribution < 1.29 is 9.59 Å². The van der Waals surface area contributed by atoms with Crippen molar-refractivity contribution in [2.75, 3.05) is 6.54 Å². The molecule has 128 valence electrons. The smallest absolute Gasteiger partial charge is 0.244 e. The molecule has 0 fully saturated rings. The topological polar surface area (TPSA) is 58.2 Å². The second kappa shape index (κ2) is 10.9. The summed E-state index contributed by atoms with van der Waals surface area (Å²) >= 11 is 0. The maximum atomic E-state index is 11.9. The first kappa shape index (κ1) is 19.3. The first-order valence-corrected chi connectivity index (χ1v) is 8.80. The van der Waals surface area contributed by atoms with Crippen molar-refractivity contribution in [1.29, 1.82) is 0 Å². The first-order valence-electron chi connectivity index (χ1n) is 8.80. The lowest BCUT2D eigenvalue weighted by Gasteiger charge is -2.15. The van der Waals surface area contributed by atoms with Crippen LogP contribution in [0.3, 0.4) is 0 Å². The Bertz CT molecular complexity index is 462. The zero-order chi connectivity index (χ0) is 17.1. The molecular formula is C19H30N2O2. The lowest BCUT2D eigenvalue weighted by Crippen LogP contribution is -2.31. The van der Waals surface area contributed by atoms with Gasteiger partial charge in [-0.3, -0.25) is 9.59 Å². The molecule has 2 atom stereocenters. The molecule has 1 aliphatic rings. The van der Waals surface area contributed by atoms with E-state index in [4.69, 9.17) is 6.42 Å². The van der Waals surface area contributed by atoms with Crippen LogP contribution < -0.4 is 10.6 Å². The van der Waals surface area contributed by atoms with Gasteiger partial charge in [0.2, 0.25) is 11.8 Å². The minimum atomic E-state index is 0.0267. The maximum Gasteiger partial charge on any atom is 0.244 e. The van der Waals surface area contributed by atoms with Crippen LogP contribution in [0.4, 0.5) is 0 Å². The van der Waals surface area contributed by atoms with E-state index in [2.05, 4.69) is 23.5 Å². The Hall–Kier alpha value is -1.76. The molecule has 0 aliphatic carbocycles. The number of terminal acetylenes is 1. The van der Waals surface area contributed by atoms with Crippen molar-refractivity contribution in [3.8, 4) is 12.3 Å². The molecule has 1 aliphatic heterocycles. The number of hydrogen-bond donors (Lipinski definition) is 2. The third-order valence-electron chi connectivity index (χ3n) is 4.36. The summed E-state index contributed by atoms with van der Waals surface area (Å²) in [5.74, 6) is 2.83. The molecule has 0 aromatic carbocycles. The van der Waals surface area contributed by atoms with E-state index in [0.717, 1.165) is 51.4 Å². The predicted octanol–water partition coefficient (Wildman–Crippen LogP) is 2.94. The van der Waals surface area contributed by atoms with Crippen LogP contribution in [0, 0.1) is 18.3 Å². The van der Waals surface area contributed by atoms with E-state index in [1.54, 1.807) is 6.08 Å². The monoisotopic (exact) mass is 318 g/mol. The molecule has 1 heterocycles. The van der Waals surface area contributed by atoms with Gasteiger partial charge in [0.05, 0.1) is 6.04 Å². The van der Waals surface area contributed by atoms with Gasteiger partial charge in [-0.05, 0) is 44.1 Å². The van der Waals surface area contributed by atoms with Gasteiger partial charge in [-0.2, -0.15) is 0 Å². The normalized spacial score (nSPS) is 18.0. The minimum absolute atomic E-state index is 0.0267. The molecular weight excluding hydrogens is 288 g/mol. The van der Waals surface area contributed by atoms with E-state index >= 15 is 0 Å². The zero-order valence-electron chi connectivity index (χ0n) is 14.5. The highest BCUT2D eigenvalue weighted by molar-refractivity contribution is 5.91. The van der Waals surface area contributed by atoms with E-state index in [-0.39, 0.29) is 23.8 Å². The van der Waals surface area contributed by atoms with Gasteiger partial charge < -0.3 is 10.6 Å². The third kappa shape index (κ3) is 7.36. The second-order valence-electron chi connectivity index (χ2n) is 6.27. The summed E-state index contributed by atoms with van der Waals surface area (Å²) in [6, 6.07) is 0.193. The molecule has 0 spiro atoms. The summed E-state index contributed by atoms with van der Waals surface area (Å²) in [7, 11) is 0. The van der Waals surface area contributed by atoms with Gasteiger partial charge in [-0.15, -0.1) is 12.3 Å². The van der Waals surface area contributed by atoms with E-state index in [1.807, 2.05) is 6.92 Å². The number of unbranched alkanes of at least 4 members (excludes halogenated alkanes) is 3. The third-order valence-corrected chi connectivity index (χ3v) is 4.36. The van der Waals surface area contributed by atoms with Crippen LogP contribution in [0.25, 0.3) is 0 Å². The Morgan fingerprint density at radius 1 is 1.39 bits per heavy atom. The highest BCUT2D eigenvalue weighted by Gasteiger charge is 2.21. The summed E-state index contributed by atoms with van der Waals surface area (Å²) < 4.78 is 0. The van der Waals surface area contributed by atoms with Crippen LogP contribution in [0.15, 0.2) is 11.6 Å². The van der Waals surface area contributed by atoms with Crippen LogP contribution in [-0.2, 0) is 9.59 Å². The fraction of sp³-hybridized carbons (Fsp3) is 0.684. The van der Waals surface area contributed by atoms with Crippen molar-refractivity contribution in [2.45, 2.75) is 71.3 Å². The van der Waals surface area contributed by atoms with Crippen molar-refractivity contribution in [2.24, 2.45) is 5.92 Å². The van der Waals surface area contributed by atoms with Crippen LogP contribution in [0.2, 0.25) is 0 Å². The van der Waals surface area contributed by atoms with Crippen molar-refractivity contribution in [3.05, 3.63) is 11.6 Å². The van der Waals surface area contributed by atoms with Crippen LogP contribution in [0.5, 0.6) is 0 Å². The van der Waals surface area contributed by atoms with Gasteiger partial charge in [0.25, 0.3) is 0 Å². The Balaban J connectivity index is 2.08. The fourth-order valence-corrected chi connectivity index (χ4v) is 2.85. The molecule has 0 saturated carbocycles. The summed E-state index contributed by atoms with van der Waals surface area (Å²) in [6.07, 6.45) is 14.4. The second-order valence-corrected chi connectivity index (χ2v) is 6.27. The van der Waals surface area contributed by atoms with Crippen molar-refractivity contribution in [3.63, 3.8) is 0 Å². The summed E-state index contributed by atoms with van der Waals surface area (Å²) in [5.41, 5.74) is 1.19. The molecule has 0 aromatic heterocycles. The Kier molecular flexibility index (Phi) is 9.12. The van der Waals surface area contributed by atoms with Crippen LogP contribution in [0.1, 0.15) is 65.2 Å². The molecule has 0 aromatic rings. The largest absolute Gasteiger partial charge is 0.356 e. The van der Waals surface area contributed by atoms with E-state index < -0.39 is 0 Å². The number of carbonyl (C=O) groups is 2. The van der Waals surface area contributed by atoms with Gasteiger partial charge in [-0.1, -0.05) is 20.3 Å².